The second-order valence-electron chi connectivity index (χ2n) is 4.27. The number of hydrogen-bond donors (Lipinski definition) is 2. The summed E-state index contributed by atoms with van der Waals surface area (Å²) in [5.41, 5.74) is 1.08. The fourth-order valence-electron chi connectivity index (χ4n) is 1.89. The van der Waals surface area contributed by atoms with Gasteiger partial charge >= 0.3 is 0 Å². The maximum absolute atomic E-state index is 13.8. The molecule has 0 aliphatic heterocycles. The standard InChI is InChI=1S/C15H15ClFNO2/c1-20-12-5-3-11(4-6-12)18-15(9-19)13-8-10(16)2-7-14(13)17/h2-8,15,18-19H,9H2,1H3. The Kier molecular flexibility index (Phi) is 4.82. The Bertz CT molecular complexity index is 575. The number of aliphatic hydroxyl groups excluding tert-OH is 1. The molecule has 2 aromatic carbocycles. The molecule has 2 aromatic rings. The monoisotopic (exact) mass is 295 g/mol. The first-order chi connectivity index (χ1) is 9.63. The number of aliphatic hydroxyl groups is 1. The van der Waals surface area contributed by atoms with E-state index in [1.54, 1.807) is 31.4 Å². The molecule has 0 spiro atoms. The third-order valence-electron chi connectivity index (χ3n) is 2.95. The molecule has 3 nitrogen and oxygen atoms in total. The Morgan fingerprint density at radius 3 is 2.55 bits per heavy atom. The minimum atomic E-state index is -0.568. The lowest BCUT2D eigenvalue weighted by molar-refractivity contribution is 0.274. The average molecular weight is 296 g/mol. The average Bonchev–Trinajstić information content (AvgIpc) is 2.48. The molecule has 0 fully saturated rings. The highest BCUT2D eigenvalue weighted by Gasteiger charge is 2.15. The smallest absolute Gasteiger partial charge is 0.128 e. The van der Waals surface area contributed by atoms with Crippen LogP contribution in [0.3, 0.4) is 0 Å². The van der Waals surface area contributed by atoms with Crippen molar-refractivity contribution in [3.8, 4) is 5.75 Å². The van der Waals surface area contributed by atoms with Gasteiger partial charge in [0.25, 0.3) is 0 Å². The SMILES string of the molecule is COc1ccc(NC(CO)c2cc(Cl)ccc2F)cc1. The summed E-state index contributed by atoms with van der Waals surface area (Å²) in [5, 5.41) is 12.9. The third kappa shape index (κ3) is 3.40. The third-order valence-corrected chi connectivity index (χ3v) is 3.18. The molecule has 1 unspecified atom stereocenters. The first kappa shape index (κ1) is 14.6. The number of methoxy groups -OCH3 is 1. The van der Waals surface area contributed by atoms with Crippen LogP contribution in [0, 0.1) is 5.82 Å². The van der Waals surface area contributed by atoms with Crippen molar-refractivity contribution in [3.05, 3.63) is 58.9 Å². The number of nitrogens with one attached hydrogen (secondary N) is 1. The van der Waals surface area contributed by atoms with Gasteiger partial charge in [-0.25, -0.2) is 4.39 Å². The minimum absolute atomic E-state index is 0.247. The van der Waals surface area contributed by atoms with Gasteiger partial charge in [0.2, 0.25) is 0 Å². The van der Waals surface area contributed by atoms with E-state index in [-0.39, 0.29) is 6.61 Å². The van der Waals surface area contributed by atoms with Crippen molar-refractivity contribution < 1.29 is 14.2 Å². The van der Waals surface area contributed by atoms with E-state index in [9.17, 15) is 9.50 Å². The summed E-state index contributed by atoms with van der Waals surface area (Å²) in [7, 11) is 1.58. The lowest BCUT2D eigenvalue weighted by Gasteiger charge is -2.19. The molecule has 5 heteroatoms. The molecule has 20 heavy (non-hydrogen) atoms. The fourth-order valence-corrected chi connectivity index (χ4v) is 2.07. The number of hydrogen-bond acceptors (Lipinski definition) is 3. The molecule has 0 aliphatic rings. The Morgan fingerprint density at radius 1 is 1.25 bits per heavy atom. The minimum Gasteiger partial charge on any atom is -0.497 e. The van der Waals surface area contributed by atoms with E-state index in [1.165, 1.54) is 18.2 Å². The van der Waals surface area contributed by atoms with Crippen molar-refractivity contribution in [3.63, 3.8) is 0 Å². The number of halogens is 2. The van der Waals surface area contributed by atoms with Crippen LogP contribution in [-0.4, -0.2) is 18.8 Å². The fraction of sp³-hybridized carbons (Fsp3) is 0.200. The zero-order valence-electron chi connectivity index (χ0n) is 10.9. The van der Waals surface area contributed by atoms with Gasteiger partial charge < -0.3 is 15.2 Å². The van der Waals surface area contributed by atoms with Crippen LogP contribution in [0.2, 0.25) is 5.02 Å². The molecule has 0 amide bonds. The van der Waals surface area contributed by atoms with Gasteiger partial charge in [0.05, 0.1) is 19.8 Å². The van der Waals surface area contributed by atoms with Gasteiger partial charge in [-0.05, 0) is 42.5 Å². The van der Waals surface area contributed by atoms with Crippen molar-refractivity contribution >= 4 is 17.3 Å². The normalized spacial score (nSPS) is 12.0. The van der Waals surface area contributed by atoms with Crippen LogP contribution in [0.25, 0.3) is 0 Å². The highest BCUT2D eigenvalue weighted by Crippen LogP contribution is 2.25. The summed E-state index contributed by atoms with van der Waals surface area (Å²) < 4.78 is 18.9. The molecule has 106 valence electrons. The van der Waals surface area contributed by atoms with E-state index < -0.39 is 11.9 Å². The lowest BCUT2D eigenvalue weighted by Crippen LogP contribution is -2.16. The molecule has 1 atom stereocenters. The van der Waals surface area contributed by atoms with Gasteiger partial charge in [-0.2, -0.15) is 0 Å². The lowest BCUT2D eigenvalue weighted by atomic mass is 10.1. The Hall–Kier alpha value is -1.78. The second-order valence-corrected chi connectivity index (χ2v) is 4.71. The zero-order valence-corrected chi connectivity index (χ0v) is 11.7. The number of anilines is 1. The van der Waals surface area contributed by atoms with Gasteiger partial charge in [-0.15, -0.1) is 0 Å². The van der Waals surface area contributed by atoms with Crippen molar-refractivity contribution in [2.75, 3.05) is 19.0 Å². The topological polar surface area (TPSA) is 41.5 Å². The molecule has 0 saturated heterocycles. The summed E-state index contributed by atoms with van der Waals surface area (Å²) in [4.78, 5) is 0. The highest BCUT2D eigenvalue weighted by atomic mass is 35.5. The summed E-state index contributed by atoms with van der Waals surface area (Å²) in [5.74, 6) is 0.319. The summed E-state index contributed by atoms with van der Waals surface area (Å²) >= 11 is 5.87. The van der Waals surface area contributed by atoms with Gasteiger partial charge in [-0.3, -0.25) is 0 Å². The molecule has 0 aromatic heterocycles. The van der Waals surface area contributed by atoms with E-state index in [1.807, 2.05) is 0 Å². The predicted octanol–water partition coefficient (Wildman–Crippen LogP) is 3.63. The molecule has 0 aliphatic carbocycles. The van der Waals surface area contributed by atoms with Crippen molar-refractivity contribution in [2.24, 2.45) is 0 Å². The van der Waals surface area contributed by atoms with Gasteiger partial charge in [0.1, 0.15) is 11.6 Å². The largest absolute Gasteiger partial charge is 0.497 e. The van der Waals surface area contributed by atoms with Crippen LogP contribution in [0.5, 0.6) is 5.75 Å². The molecule has 0 saturated carbocycles. The molecule has 0 bridgehead atoms. The number of rotatable bonds is 5. The first-order valence-electron chi connectivity index (χ1n) is 6.10. The first-order valence-corrected chi connectivity index (χ1v) is 6.48. The maximum atomic E-state index is 13.8. The summed E-state index contributed by atoms with van der Waals surface area (Å²) in [6.45, 7) is -0.247. The van der Waals surface area contributed by atoms with Crippen LogP contribution in [0.1, 0.15) is 11.6 Å². The van der Waals surface area contributed by atoms with Gasteiger partial charge in [-0.1, -0.05) is 11.6 Å². The maximum Gasteiger partial charge on any atom is 0.128 e. The van der Waals surface area contributed by atoms with Crippen molar-refractivity contribution in [1.82, 2.24) is 0 Å². The van der Waals surface area contributed by atoms with Crippen LogP contribution < -0.4 is 10.1 Å². The van der Waals surface area contributed by atoms with Gasteiger partial charge in [0, 0.05) is 16.3 Å². The van der Waals surface area contributed by atoms with E-state index in [2.05, 4.69) is 5.32 Å². The van der Waals surface area contributed by atoms with E-state index in [4.69, 9.17) is 16.3 Å². The van der Waals surface area contributed by atoms with Gasteiger partial charge in [0.15, 0.2) is 0 Å². The molecular formula is C15H15ClFNO2. The molecule has 0 heterocycles. The van der Waals surface area contributed by atoms with Crippen molar-refractivity contribution in [2.45, 2.75) is 6.04 Å². The number of benzene rings is 2. The quantitative estimate of drug-likeness (QED) is 0.885. The molecule has 0 radical (unpaired) electrons. The van der Waals surface area contributed by atoms with E-state index >= 15 is 0 Å². The van der Waals surface area contributed by atoms with Crippen molar-refractivity contribution in [1.29, 1.82) is 0 Å². The Balaban J connectivity index is 2.21. The Morgan fingerprint density at radius 2 is 1.95 bits per heavy atom. The van der Waals surface area contributed by atoms with Crippen LogP contribution in [0.15, 0.2) is 42.5 Å². The number of ether oxygens (including phenoxy) is 1. The Labute approximate surface area is 122 Å². The summed E-state index contributed by atoms with van der Waals surface area (Å²) in [6.07, 6.45) is 0. The molecule has 2 N–H and O–H groups in total. The zero-order chi connectivity index (χ0) is 14.5. The van der Waals surface area contributed by atoms with Crippen LogP contribution >= 0.6 is 11.6 Å². The summed E-state index contributed by atoms with van der Waals surface area (Å²) in [6, 6.07) is 10.9. The van der Waals surface area contributed by atoms with Crippen LogP contribution in [-0.2, 0) is 0 Å². The highest BCUT2D eigenvalue weighted by molar-refractivity contribution is 6.30. The molecular weight excluding hydrogens is 281 g/mol. The second kappa shape index (κ2) is 6.59. The molecule has 2 rings (SSSR count). The predicted molar refractivity (Wildman–Crippen MR) is 77.9 cm³/mol. The van der Waals surface area contributed by atoms with Crippen LogP contribution in [0.4, 0.5) is 10.1 Å². The van der Waals surface area contributed by atoms with E-state index in [0.717, 1.165) is 11.4 Å². The van der Waals surface area contributed by atoms with E-state index in [0.29, 0.717) is 10.6 Å².